The smallest absolute Gasteiger partial charge is 0.138 e. The van der Waals surface area contributed by atoms with Crippen molar-refractivity contribution in [3.63, 3.8) is 0 Å². The van der Waals surface area contributed by atoms with Crippen LogP contribution in [0, 0.1) is 13.8 Å². The van der Waals surface area contributed by atoms with Gasteiger partial charge in [-0.05, 0) is 13.8 Å². The number of ether oxygens (including phenoxy) is 2. The first-order valence-electron chi connectivity index (χ1n) is 9.74. The molecule has 4 rings (SSSR count). The molecule has 2 aromatic rings. The number of morpholine rings is 1. The highest BCUT2D eigenvalue weighted by Crippen LogP contribution is 2.19. The van der Waals surface area contributed by atoms with Crippen LogP contribution in [0.25, 0.3) is 0 Å². The third-order valence-corrected chi connectivity index (χ3v) is 5.43. The van der Waals surface area contributed by atoms with Gasteiger partial charge in [0.25, 0.3) is 0 Å². The van der Waals surface area contributed by atoms with Crippen molar-refractivity contribution in [2.45, 2.75) is 51.7 Å². The summed E-state index contributed by atoms with van der Waals surface area (Å²) in [6, 6.07) is -0.194. The molecular weight excluding hydrogens is 364 g/mol. The second-order valence-electron chi connectivity index (χ2n) is 7.47. The van der Waals surface area contributed by atoms with Crippen molar-refractivity contribution in [2.24, 2.45) is 0 Å². The van der Waals surface area contributed by atoms with Crippen LogP contribution in [0.4, 0.5) is 0 Å². The van der Waals surface area contributed by atoms with Crippen molar-refractivity contribution < 1.29 is 19.1 Å². The zero-order valence-corrected chi connectivity index (χ0v) is 16.4. The Morgan fingerprint density at radius 3 is 2.86 bits per heavy atom. The van der Waals surface area contributed by atoms with Crippen LogP contribution in [-0.4, -0.2) is 81.3 Å². The average molecular weight is 392 g/mol. The maximum absolute atomic E-state index is 10.3. The summed E-state index contributed by atoms with van der Waals surface area (Å²) in [4.78, 5) is 2.31. The van der Waals surface area contributed by atoms with Crippen molar-refractivity contribution in [1.29, 1.82) is 0 Å². The molecule has 10 nitrogen and oxygen atoms in total. The molecule has 0 spiro atoms. The summed E-state index contributed by atoms with van der Waals surface area (Å²) >= 11 is 0. The molecule has 2 aromatic heterocycles. The van der Waals surface area contributed by atoms with E-state index in [9.17, 15) is 5.11 Å². The Balaban J connectivity index is 1.34. The normalized spacial score (nSPS) is 26.2. The number of hydrogen-bond acceptors (Lipinski definition) is 9. The monoisotopic (exact) mass is 392 g/mol. The molecule has 0 aliphatic carbocycles. The Morgan fingerprint density at radius 1 is 1.29 bits per heavy atom. The van der Waals surface area contributed by atoms with Crippen LogP contribution in [-0.2, 0) is 29.1 Å². The standard InChI is InChI=1S/C18H28N6O4/c1-12-15(13(2)28-21-12)7-19-18-16(25)11-27-17(18)10-24-9-14(20-22-24)8-23-3-5-26-6-4-23/h9,16-19,25H,3-8,10-11H2,1-2H3/t16-,17+,18+/m0/s1. The van der Waals surface area contributed by atoms with E-state index in [0.717, 1.165) is 55.6 Å². The molecule has 0 radical (unpaired) electrons. The maximum Gasteiger partial charge on any atom is 0.138 e. The van der Waals surface area contributed by atoms with Gasteiger partial charge in [0.15, 0.2) is 0 Å². The van der Waals surface area contributed by atoms with Crippen LogP contribution >= 0.6 is 0 Å². The maximum atomic E-state index is 10.3. The summed E-state index contributed by atoms with van der Waals surface area (Å²) < 4.78 is 18.2. The second-order valence-corrected chi connectivity index (χ2v) is 7.47. The molecule has 0 unspecified atom stereocenters. The van der Waals surface area contributed by atoms with Crippen LogP contribution in [0.1, 0.15) is 22.7 Å². The van der Waals surface area contributed by atoms with E-state index in [0.29, 0.717) is 19.7 Å². The van der Waals surface area contributed by atoms with Crippen LogP contribution in [0.2, 0.25) is 0 Å². The van der Waals surface area contributed by atoms with Crippen molar-refractivity contribution >= 4 is 0 Å². The lowest BCUT2D eigenvalue weighted by atomic mass is 10.1. The number of nitrogens with one attached hydrogen (secondary N) is 1. The molecule has 2 aliphatic heterocycles. The van der Waals surface area contributed by atoms with Gasteiger partial charge in [0, 0.05) is 37.9 Å². The molecule has 28 heavy (non-hydrogen) atoms. The quantitative estimate of drug-likeness (QED) is 0.652. The van der Waals surface area contributed by atoms with Gasteiger partial charge in [-0.15, -0.1) is 5.10 Å². The van der Waals surface area contributed by atoms with E-state index in [4.69, 9.17) is 14.0 Å². The second kappa shape index (κ2) is 8.66. The Bertz CT molecular complexity index is 752. The minimum absolute atomic E-state index is 0.187. The predicted octanol–water partition coefficient (Wildman–Crippen LogP) is -0.367. The van der Waals surface area contributed by atoms with Gasteiger partial charge in [-0.3, -0.25) is 4.90 Å². The lowest BCUT2D eigenvalue weighted by Crippen LogP contribution is -2.45. The van der Waals surface area contributed by atoms with Gasteiger partial charge in [-0.1, -0.05) is 10.4 Å². The third-order valence-electron chi connectivity index (χ3n) is 5.43. The zero-order valence-electron chi connectivity index (χ0n) is 16.4. The predicted molar refractivity (Wildman–Crippen MR) is 98.5 cm³/mol. The minimum Gasteiger partial charge on any atom is -0.389 e. The van der Waals surface area contributed by atoms with E-state index >= 15 is 0 Å². The highest BCUT2D eigenvalue weighted by molar-refractivity contribution is 5.20. The van der Waals surface area contributed by atoms with Crippen LogP contribution in [0.5, 0.6) is 0 Å². The average Bonchev–Trinajstić information content (AvgIpc) is 3.36. The van der Waals surface area contributed by atoms with Crippen LogP contribution in [0.3, 0.4) is 0 Å². The Labute approximate surface area is 163 Å². The first-order chi connectivity index (χ1) is 13.6. The van der Waals surface area contributed by atoms with E-state index in [1.165, 1.54) is 0 Å². The Kier molecular flexibility index (Phi) is 6.02. The summed E-state index contributed by atoms with van der Waals surface area (Å²) in [6.45, 7) is 9.34. The van der Waals surface area contributed by atoms with E-state index in [1.807, 2.05) is 20.0 Å². The van der Waals surface area contributed by atoms with Crippen molar-refractivity contribution in [3.05, 3.63) is 28.9 Å². The van der Waals surface area contributed by atoms with Crippen LogP contribution in [0.15, 0.2) is 10.7 Å². The molecule has 154 valence electrons. The van der Waals surface area contributed by atoms with Gasteiger partial charge in [-0.25, -0.2) is 4.68 Å². The molecule has 0 bridgehead atoms. The Hall–Kier alpha value is -1.85. The van der Waals surface area contributed by atoms with Crippen molar-refractivity contribution in [1.82, 2.24) is 30.4 Å². The van der Waals surface area contributed by atoms with Gasteiger partial charge in [0.05, 0.1) is 56.0 Å². The number of aliphatic hydroxyl groups is 1. The number of nitrogens with zero attached hydrogens (tertiary/aromatic N) is 5. The molecule has 3 atom stereocenters. The van der Waals surface area contributed by atoms with Gasteiger partial charge in [0.1, 0.15) is 5.76 Å². The molecule has 0 amide bonds. The molecule has 4 heterocycles. The van der Waals surface area contributed by atoms with Crippen molar-refractivity contribution in [3.8, 4) is 0 Å². The minimum atomic E-state index is -0.568. The van der Waals surface area contributed by atoms with E-state index < -0.39 is 6.10 Å². The fourth-order valence-electron chi connectivity index (χ4n) is 3.76. The summed E-state index contributed by atoms with van der Waals surface area (Å²) in [5, 5.41) is 26.2. The number of aliphatic hydroxyl groups excluding tert-OH is 1. The number of aryl methyl sites for hydroxylation is 2. The van der Waals surface area contributed by atoms with E-state index in [1.54, 1.807) is 4.68 Å². The molecule has 10 heteroatoms. The van der Waals surface area contributed by atoms with Crippen molar-refractivity contribution in [2.75, 3.05) is 32.9 Å². The fraction of sp³-hybridized carbons (Fsp3) is 0.722. The summed E-state index contributed by atoms with van der Waals surface area (Å²) in [5.41, 5.74) is 2.81. The molecule has 2 aliphatic rings. The van der Waals surface area contributed by atoms with Gasteiger partial charge >= 0.3 is 0 Å². The highest BCUT2D eigenvalue weighted by Gasteiger charge is 2.36. The largest absolute Gasteiger partial charge is 0.389 e. The Morgan fingerprint density at radius 2 is 2.11 bits per heavy atom. The molecule has 0 saturated carbocycles. The highest BCUT2D eigenvalue weighted by atomic mass is 16.5. The first-order valence-corrected chi connectivity index (χ1v) is 9.74. The summed E-state index contributed by atoms with van der Waals surface area (Å²) in [5.74, 6) is 0.791. The summed E-state index contributed by atoms with van der Waals surface area (Å²) in [7, 11) is 0. The number of rotatable bonds is 7. The van der Waals surface area contributed by atoms with Gasteiger partial charge in [-0.2, -0.15) is 0 Å². The lowest BCUT2D eigenvalue weighted by molar-refractivity contribution is 0.0336. The lowest BCUT2D eigenvalue weighted by Gasteiger charge is -2.25. The number of aromatic nitrogens is 4. The SMILES string of the molecule is Cc1noc(C)c1CN[C@@H]1[C@@H](O)CO[C@@H]1Cn1cc(CN2CCOCC2)nn1. The molecule has 2 fully saturated rings. The summed E-state index contributed by atoms with van der Waals surface area (Å²) in [6.07, 6.45) is 1.20. The molecule has 0 aromatic carbocycles. The van der Waals surface area contributed by atoms with Gasteiger partial charge < -0.3 is 24.4 Å². The van der Waals surface area contributed by atoms with Gasteiger partial charge in [0.2, 0.25) is 0 Å². The molecule has 2 saturated heterocycles. The third kappa shape index (κ3) is 4.41. The molecular formula is C18H28N6O4. The zero-order chi connectivity index (χ0) is 19.5. The first kappa shape index (κ1) is 19.5. The topological polar surface area (TPSA) is 111 Å². The van der Waals surface area contributed by atoms with E-state index in [2.05, 4.69) is 25.7 Å². The fourth-order valence-corrected chi connectivity index (χ4v) is 3.76. The number of hydrogen-bond donors (Lipinski definition) is 2. The molecule has 2 N–H and O–H groups in total. The van der Waals surface area contributed by atoms with Crippen LogP contribution < -0.4 is 5.32 Å². The van der Waals surface area contributed by atoms with E-state index in [-0.39, 0.29) is 12.1 Å².